The fourth-order valence-electron chi connectivity index (χ4n) is 5.39. The van der Waals surface area contributed by atoms with Crippen LogP contribution in [0.1, 0.15) is 42.4 Å². The molecule has 5 rings (SSSR count). The van der Waals surface area contributed by atoms with E-state index in [1.807, 2.05) is 67.6 Å². The van der Waals surface area contributed by atoms with Gasteiger partial charge in [-0.1, -0.05) is 36.4 Å². The Balaban J connectivity index is 1.27. The highest BCUT2D eigenvalue weighted by molar-refractivity contribution is 5.89. The van der Waals surface area contributed by atoms with Crippen molar-refractivity contribution in [1.82, 2.24) is 10.2 Å². The largest absolute Gasteiger partial charge is 0.392 e. The normalized spacial score (nSPS) is 21.1. The molecule has 2 heterocycles. The van der Waals surface area contributed by atoms with E-state index in [9.17, 15) is 20.0 Å². The first-order chi connectivity index (χ1) is 20.4. The number of benzene rings is 3. The van der Waals surface area contributed by atoms with Crippen LogP contribution in [-0.4, -0.2) is 66.3 Å². The monoisotopic (exact) mass is 575 g/mol. The van der Waals surface area contributed by atoms with E-state index < -0.39 is 6.29 Å². The number of rotatable bonds is 9. The van der Waals surface area contributed by atoms with Crippen LogP contribution in [-0.2, 0) is 16.1 Å². The highest BCUT2D eigenvalue weighted by Gasteiger charge is 2.34. The minimum atomic E-state index is -0.622. The number of nitro benzene ring substituents is 1. The predicted molar refractivity (Wildman–Crippen MR) is 159 cm³/mol. The van der Waals surface area contributed by atoms with Gasteiger partial charge in [0.1, 0.15) is 0 Å². The van der Waals surface area contributed by atoms with Gasteiger partial charge >= 0.3 is 6.03 Å². The summed E-state index contributed by atoms with van der Waals surface area (Å²) in [4.78, 5) is 27.3. The van der Waals surface area contributed by atoms with Crippen LogP contribution < -0.4 is 15.5 Å². The Labute approximate surface area is 245 Å². The number of aliphatic hydroxyl groups excluding tert-OH is 1. The van der Waals surface area contributed by atoms with Gasteiger partial charge in [0.15, 0.2) is 6.29 Å². The molecule has 0 bridgehead atoms. The first-order valence-electron chi connectivity index (χ1n) is 14.3. The number of aliphatic hydroxyl groups is 1. The lowest BCUT2D eigenvalue weighted by atomic mass is 9.99. The number of amides is 2. The molecular formula is C31H37N5O6. The molecule has 42 heavy (non-hydrogen) atoms. The van der Waals surface area contributed by atoms with Gasteiger partial charge in [0.05, 0.1) is 23.7 Å². The second-order valence-corrected chi connectivity index (χ2v) is 10.5. The summed E-state index contributed by atoms with van der Waals surface area (Å²) in [6.07, 6.45) is -0.252. The quantitative estimate of drug-likeness (QED) is 0.250. The summed E-state index contributed by atoms with van der Waals surface area (Å²) < 4.78 is 13.0. The van der Waals surface area contributed by atoms with Crippen LogP contribution in [0.5, 0.6) is 0 Å². The first-order valence-corrected chi connectivity index (χ1v) is 14.3. The molecule has 0 radical (unpaired) electrons. The summed E-state index contributed by atoms with van der Waals surface area (Å²) in [6, 6.07) is 21.7. The molecule has 2 amide bonds. The van der Waals surface area contributed by atoms with Gasteiger partial charge in [0.2, 0.25) is 0 Å². The lowest BCUT2D eigenvalue weighted by molar-refractivity contribution is -0.384. The molecule has 2 saturated heterocycles. The fraction of sp³-hybridized carbons (Fsp3) is 0.387. The maximum absolute atomic E-state index is 12.1. The third-order valence-corrected chi connectivity index (χ3v) is 7.63. The number of nitrogens with zero attached hydrogens (tertiary/aromatic N) is 3. The third kappa shape index (κ3) is 7.42. The number of hydrogen-bond acceptors (Lipinski definition) is 8. The van der Waals surface area contributed by atoms with E-state index >= 15 is 0 Å². The topological polar surface area (TPSA) is 129 Å². The van der Waals surface area contributed by atoms with Crippen molar-refractivity contribution in [1.29, 1.82) is 0 Å². The summed E-state index contributed by atoms with van der Waals surface area (Å²) in [5, 5.41) is 26.1. The molecule has 3 N–H and O–H groups in total. The number of anilines is 2. The summed E-state index contributed by atoms with van der Waals surface area (Å²) >= 11 is 0. The van der Waals surface area contributed by atoms with E-state index in [2.05, 4.69) is 20.4 Å². The standard InChI is InChI=1S/C31H37N5O6/c1-2-32-31(38)33-25-5-3-4-24(18-25)30-41-28(19-29(42-30)23-8-6-22(21-37)7-9-23)20-34-14-16-35(17-15-34)26-10-12-27(13-11-26)36(39)40/h3-13,18,28-30,37H,2,14-17,19-21H2,1H3,(H2,32,33,38). The van der Waals surface area contributed by atoms with Crippen LogP contribution in [0.2, 0.25) is 0 Å². The highest BCUT2D eigenvalue weighted by atomic mass is 16.7. The summed E-state index contributed by atoms with van der Waals surface area (Å²) in [5.41, 5.74) is 4.40. The third-order valence-electron chi connectivity index (χ3n) is 7.63. The van der Waals surface area contributed by atoms with Gasteiger partial charge in [-0.2, -0.15) is 0 Å². The molecule has 0 saturated carbocycles. The zero-order valence-corrected chi connectivity index (χ0v) is 23.6. The van der Waals surface area contributed by atoms with Crippen molar-refractivity contribution in [3.63, 3.8) is 0 Å². The molecule has 11 nitrogen and oxygen atoms in total. The van der Waals surface area contributed by atoms with Crippen LogP contribution in [0.4, 0.5) is 21.9 Å². The Morgan fingerprint density at radius 2 is 1.74 bits per heavy atom. The van der Waals surface area contributed by atoms with Crippen LogP contribution >= 0.6 is 0 Å². The van der Waals surface area contributed by atoms with Crippen molar-refractivity contribution in [3.8, 4) is 0 Å². The summed E-state index contributed by atoms with van der Waals surface area (Å²) in [6.45, 7) is 6.40. The van der Waals surface area contributed by atoms with Crippen LogP contribution in [0.3, 0.4) is 0 Å². The molecule has 3 unspecified atom stereocenters. The molecule has 3 aromatic carbocycles. The van der Waals surface area contributed by atoms with Crippen LogP contribution in [0, 0.1) is 10.1 Å². The summed E-state index contributed by atoms with van der Waals surface area (Å²) in [5.74, 6) is 0. The Kier molecular flexibility index (Phi) is 9.65. The number of hydrogen-bond donors (Lipinski definition) is 3. The van der Waals surface area contributed by atoms with Crippen molar-refractivity contribution in [2.24, 2.45) is 0 Å². The predicted octanol–water partition coefficient (Wildman–Crippen LogP) is 4.60. The molecule has 222 valence electrons. The van der Waals surface area contributed by atoms with Crippen molar-refractivity contribution in [2.75, 3.05) is 49.5 Å². The molecule has 3 atom stereocenters. The number of piperazine rings is 1. The van der Waals surface area contributed by atoms with Gasteiger partial charge in [-0.15, -0.1) is 0 Å². The lowest BCUT2D eigenvalue weighted by Gasteiger charge is -2.41. The number of nitro groups is 1. The number of carbonyl (C=O) groups is 1. The van der Waals surface area contributed by atoms with E-state index in [1.54, 1.807) is 12.1 Å². The Morgan fingerprint density at radius 1 is 1.00 bits per heavy atom. The second kappa shape index (κ2) is 13.8. The zero-order chi connectivity index (χ0) is 29.5. The molecular weight excluding hydrogens is 538 g/mol. The number of nitrogens with one attached hydrogen (secondary N) is 2. The van der Waals surface area contributed by atoms with Crippen molar-refractivity contribution in [3.05, 3.63) is 99.6 Å². The number of non-ortho nitro benzene ring substituents is 1. The van der Waals surface area contributed by atoms with Gasteiger partial charge < -0.3 is 30.1 Å². The molecule has 2 fully saturated rings. The Morgan fingerprint density at radius 3 is 2.40 bits per heavy atom. The van der Waals surface area contributed by atoms with Gasteiger partial charge in [-0.3, -0.25) is 15.0 Å². The maximum atomic E-state index is 12.1. The minimum absolute atomic E-state index is 0.0165. The second-order valence-electron chi connectivity index (χ2n) is 10.5. The van der Waals surface area contributed by atoms with Crippen molar-refractivity contribution < 1.29 is 24.3 Å². The molecule has 2 aliphatic rings. The van der Waals surface area contributed by atoms with E-state index in [1.165, 1.54) is 0 Å². The minimum Gasteiger partial charge on any atom is -0.392 e. The fourth-order valence-corrected chi connectivity index (χ4v) is 5.39. The average Bonchev–Trinajstić information content (AvgIpc) is 3.01. The number of urea groups is 1. The lowest BCUT2D eigenvalue weighted by Crippen LogP contribution is -2.49. The van der Waals surface area contributed by atoms with Gasteiger partial charge in [0, 0.05) is 74.8 Å². The van der Waals surface area contributed by atoms with Gasteiger partial charge in [0.25, 0.3) is 5.69 Å². The van der Waals surface area contributed by atoms with Gasteiger partial charge in [-0.25, -0.2) is 4.79 Å². The first kappa shape index (κ1) is 29.5. The molecule has 0 aliphatic carbocycles. The molecule has 0 spiro atoms. The highest BCUT2D eigenvalue weighted by Crippen LogP contribution is 2.39. The number of carbonyl (C=O) groups excluding carboxylic acids is 1. The maximum Gasteiger partial charge on any atom is 0.319 e. The van der Waals surface area contributed by atoms with E-state index in [4.69, 9.17) is 9.47 Å². The van der Waals surface area contributed by atoms with E-state index in [0.717, 1.165) is 55.1 Å². The van der Waals surface area contributed by atoms with Crippen molar-refractivity contribution >= 4 is 23.1 Å². The molecule has 0 aromatic heterocycles. The summed E-state index contributed by atoms with van der Waals surface area (Å²) in [7, 11) is 0. The van der Waals surface area contributed by atoms with Gasteiger partial charge in [-0.05, 0) is 42.3 Å². The molecule has 2 aliphatic heterocycles. The Bertz CT molecular complexity index is 1340. The van der Waals surface area contributed by atoms with E-state index in [0.29, 0.717) is 18.7 Å². The van der Waals surface area contributed by atoms with Crippen LogP contribution in [0.15, 0.2) is 72.8 Å². The van der Waals surface area contributed by atoms with E-state index in [-0.39, 0.29) is 35.5 Å². The zero-order valence-electron chi connectivity index (χ0n) is 23.6. The Hall–Kier alpha value is -4.03. The molecule has 3 aromatic rings. The van der Waals surface area contributed by atoms with Crippen molar-refractivity contribution in [2.45, 2.75) is 38.4 Å². The number of ether oxygens (including phenoxy) is 2. The smallest absolute Gasteiger partial charge is 0.319 e. The molecule has 11 heteroatoms. The van der Waals surface area contributed by atoms with Crippen LogP contribution in [0.25, 0.3) is 0 Å². The average molecular weight is 576 g/mol. The SMILES string of the molecule is CCNC(=O)Nc1cccc(C2OC(CN3CCN(c4ccc([N+](=O)[O-])cc4)CC3)CC(c3ccc(CO)cc3)O2)c1.